The monoisotopic (exact) mass is 248 g/mol. The highest BCUT2D eigenvalue weighted by molar-refractivity contribution is 5.96. The summed E-state index contributed by atoms with van der Waals surface area (Å²) in [6, 6.07) is 7.25. The molecule has 4 nitrogen and oxygen atoms in total. The van der Waals surface area contributed by atoms with Gasteiger partial charge >= 0.3 is 0 Å². The van der Waals surface area contributed by atoms with E-state index in [4.69, 9.17) is 4.74 Å². The van der Waals surface area contributed by atoms with E-state index in [-0.39, 0.29) is 5.91 Å². The number of ether oxygens (including phenoxy) is 1. The van der Waals surface area contributed by atoms with Crippen molar-refractivity contribution in [3.8, 4) is 5.75 Å². The van der Waals surface area contributed by atoms with Gasteiger partial charge in [0.05, 0.1) is 5.56 Å². The average Bonchev–Trinajstić information content (AvgIpc) is 2.42. The summed E-state index contributed by atoms with van der Waals surface area (Å²) in [7, 11) is 3.64. The minimum absolute atomic E-state index is 0.0371. The van der Waals surface area contributed by atoms with Gasteiger partial charge in [0.1, 0.15) is 12.4 Å². The highest BCUT2D eigenvalue weighted by Gasteiger charge is 2.15. The SMILES string of the molecule is C=CCOc1ccccc1C(=O)N(C)CCNC. The van der Waals surface area contributed by atoms with Crippen molar-refractivity contribution >= 4 is 5.91 Å². The number of rotatable bonds is 7. The Morgan fingerprint density at radius 1 is 1.50 bits per heavy atom. The van der Waals surface area contributed by atoms with Gasteiger partial charge in [0.15, 0.2) is 0 Å². The lowest BCUT2D eigenvalue weighted by atomic mass is 10.2. The van der Waals surface area contributed by atoms with Gasteiger partial charge in [0.25, 0.3) is 5.91 Å². The number of likely N-dealkylation sites (N-methyl/N-ethyl adjacent to an activating group) is 2. The Kier molecular flexibility index (Phi) is 5.94. The molecule has 0 aliphatic heterocycles. The zero-order valence-corrected chi connectivity index (χ0v) is 11.0. The van der Waals surface area contributed by atoms with Crippen molar-refractivity contribution in [1.29, 1.82) is 0 Å². The molecule has 0 atom stereocenters. The Morgan fingerprint density at radius 2 is 2.22 bits per heavy atom. The summed E-state index contributed by atoms with van der Waals surface area (Å²) in [5.74, 6) is 0.559. The molecule has 18 heavy (non-hydrogen) atoms. The fourth-order valence-corrected chi connectivity index (χ4v) is 1.50. The first-order valence-corrected chi connectivity index (χ1v) is 5.93. The van der Waals surface area contributed by atoms with E-state index >= 15 is 0 Å². The van der Waals surface area contributed by atoms with E-state index in [1.54, 1.807) is 30.2 Å². The first-order chi connectivity index (χ1) is 8.70. The molecule has 0 unspecified atom stereocenters. The topological polar surface area (TPSA) is 41.6 Å². The summed E-state index contributed by atoms with van der Waals surface area (Å²) in [5.41, 5.74) is 0.581. The molecule has 0 bridgehead atoms. The third-order valence-electron chi connectivity index (χ3n) is 2.52. The van der Waals surface area contributed by atoms with Crippen molar-refractivity contribution < 1.29 is 9.53 Å². The summed E-state index contributed by atoms with van der Waals surface area (Å²) >= 11 is 0. The molecule has 0 spiro atoms. The predicted octanol–water partition coefficient (Wildman–Crippen LogP) is 1.54. The fraction of sp³-hybridized carbons (Fsp3) is 0.357. The predicted molar refractivity (Wildman–Crippen MR) is 73.0 cm³/mol. The zero-order valence-electron chi connectivity index (χ0n) is 11.0. The maximum Gasteiger partial charge on any atom is 0.257 e. The van der Waals surface area contributed by atoms with E-state index < -0.39 is 0 Å². The molecular weight excluding hydrogens is 228 g/mol. The normalized spacial score (nSPS) is 9.89. The number of benzene rings is 1. The molecule has 0 saturated carbocycles. The molecule has 0 aliphatic carbocycles. The smallest absolute Gasteiger partial charge is 0.257 e. The van der Waals surface area contributed by atoms with Gasteiger partial charge < -0.3 is 15.0 Å². The lowest BCUT2D eigenvalue weighted by Crippen LogP contribution is -2.33. The summed E-state index contributed by atoms with van der Waals surface area (Å²) in [5, 5.41) is 3.02. The molecule has 0 heterocycles. The van der Waals surface area contributed by atoms with E-state index in [1.165, 1.54) is 0 Å². The highest BCUT2D eigenvalue weighted by Crippen LogP contribution is 2.19. The third-order valence-corrected chi connectivity index (χ3v) is 2.52. The van der Waals surface area contributed by atoms with Gasteiger partial charge in [-0.05, 0) is 19.2 Å². The molecule has 0 fully saturated rings. The Balaban J connectivity index is 2.80. The fourth-order valence-electron chi connectivity index (χ4n) is 1.50. The number of carbonyl (C=O) groups excluding carboxylic acids is 1. The summed E-state index contributed by atoms with van der Waals surface area (Å²) in [6.45, 7) is 5.41. The average molecular weight is 248 g/mol. The number of nitrogens with zero attached hydrogens (tertiary/aromatic N) is 1. The van der Waals surface area contributed by atoms with E-state index in [9.17, 15) is 4.79 Å². The van der Waals surface area contributed by atoms with Crippen molar-refractivity contribution in [2.45, 2.75) is 0 Å². The summed E-state index contributed by atoms with van der Waals surface area (Å²) < 4.78 is 5.48. The molecule has 1 rings (SSSR count). The Bertz CT molecular complexity index is 405. The Morgan fingerprint density at radius 3 is 2.89 bits per heavy atom. The molecular formula is C14H20N2O2. The van der Waals surface area contributed by atoms with Crippen LogP contribution in [0.2, 0.25) is 0 Å². The van der Waals surface area contributed by atoms with Crippen LogP contribution in [0.15, 0.2) is 36.9 Å². The third kappa shape index (κ3) is 3.89. The number of hydrogen-bond acceptors (Lipinski definition) is 3. The molecule has 1 amide bonds. The summed E-state index contributed by atoms with van der Waals surface area (Å²) in [6.07, 6.45) is 1.66. The van der Waals surface area contributed by atoms with Crippen LogP contribution < -0.4 is 10.1 Å². The van der Waals surface area contributed by atoms with E-state index in [2.05, 4.69) is 11.9 Å². The van der Waals surface area contributed by atoms with E-state index in [1.807, 2.05) is 19.2 Å². The van der Waals surface area contributed by atoms with Gasteiger partial charge in [-0.25, -0.2) is 0 Å². The quantitative estimate of drug-likeness (QED) is 0.744. The minimum atomic E-state index is -0.0371. The van der Waals surface area contributed by atoms with Crippen LogP contribution in [0.3, 0.4) is 0 Å². The molecule has 1 aromatic carbocycles. The van der Waals surface area contributed by atoms with Gasteiger partial charge in [-0.3, -0.25) is 4.79 Å². The second-order valence-corrected chi connectivity index (χ2v) is 3.93. The molecule has 98 valence electrons. The van der Waals surface area contributed by atoms with E-state index in [0.29, 0.717) is 24.5 Å². The lowest BCUT2D eigenvalue weighted by Gasteiger charge is -2.18. The minimum Gasteiger partial charge on any atom is -0.489 e. The maximum atomic E-state index is 12.2. The van der Waals surface area contributed by atoms with Gasteiger partial charge in [-0.1, -0.05) is 24.8 Å². The van der Waals surface area contributed by atoms with Gasteiger partial charge in [-0.15, -0.1) is 0 Å². The highest BCUT2D eigenvalue weighted by atomic mass is 16.5. The van der Waals surface area contributed by atoms with Crippen molar-refractivity contribution in [1.82, 2.24) is 10.2 Å². The van der Waals surface area contributed by atoms with E-state index in [0.717, 1.165) is 6.54 Å². The largest absolute Gasteiger partial charge is 0.489 e. The van der Waals surface area contributed by atoms with Crippen LogP contribution in [0.5, 0.6) is 5.75 Å². The van der Waals surface area contributed by atoms with Gasteiger partial charge in [0, 0.05) is 20.1 Å². The molecule has 1 N–H and O–H groups in total. The molecule has 0 radical (unpaired) electrons. The van der Waals surface area contributed by atoms with Crippen LogP contribution in [0.25, 0.3) is 0 Å². The molecule has 4 heteroatoms. The molecule has 0 saturated heterocycles. The number of amides is 1. The van der Waals surface area contributed by atoms with Gasteiger partial charge in [0.2, 0.25) is 0 Å². The Labute approximate surface area is 108 Å². The van der Waals surface area contributed by atoms with Crippen molar-refractivity contribution in [3.05, 3.63) is 42.5 Å². The van der Waals surface area contributed by atoms with Crippen LogP contribution >= 0.6 is 0 Å². The van der Waals surface area contributed by atoms with Crippen LogP contribution in [0, 0.1) is 0 Å². The number of hydrogen-bond donors (Lipinski definition) is 1. The summed E-state index contributed by atoms with van der Waals surface area (Å²) in [4.78, 5) is 13.9. The van der Waals surface area contributed by atoms with Crippen LogP contribution in [-0.4, -0.2) is 44.6 Å². The molecule has 0 aliphatic rings. The van der Waals surface area contributed by atoms with Gasteiger partial charge in [-0.2, -0.15) is 0 Å². The van der Waals surface area contributed by atoms with Crippen LogP contribution in [-0.2, 0) is 0 Å². The number of nitrogens with one attached hydrogen (secondary N) is 1. The zero-order chi connectivity index (χ0) is 13.4. The lowest BCUT2D eigenvalue weighted by molar-refractivity contribution is 0.0793. The number of para-hydroxylation sites is 1. The number of carbonyl (C=O) groups is 1. The second kappa shape index (κ2) is 7.50. The first-order valence-electron chi connectivity index (χ1n) is 5.93. The molecule has 1 aromatic rings. The standard InChI is InChI=1S/C14H20N2O2/c1-4-11-18-13-8-6-5-7-12(13)14(17)16(3)10-9-15-2/h4-8,15H,1,9-11H2,2-3H3. The van der Waals surface area contributed by atoms with Crippen molar-refractivity contribution in [2.24, 2.45) is 0 Å². The van der Waals surface area contributed by atoms with Crippen molar-refractivity contribution in [2.75, 3.05) is 33.8 Å². The van der Waals surface area contributed by atoms with Crippen LogP contribution in [0.4, 0.5) is 0 Å². The van der Waals surface area contributed by atoms with Crippen LogP contribution in [0.1, 0.15) is 10.4 Å². The maximum absolute atomic E-state index is 12.2. The Hall–Kier alpha value is -1.81. The first kappa shape index (κ1) is 14.3. The second-order valence-electron chi connectivity index (χ2n) is 3.93. The molecule has 0 aromatic heterocycles. The van der Waals surface area contributed by atoms with Crippen molar-refractivity contribution in [3.63, 3.8) is 0 Å².